The second kappa shape index (κ2) is 38.7. The predicted octanol–water partition coefficient (Wildman–Crippen LogP) is 4.95. The number of carbonyl (C=O) groups excluding carboxylic acids is 12. The Morgan fingerprint density at radius 1 is 0.609 bits per heavy atom. The van der Waals surface area contributed by atoms with Crippen LogP contribution >= 0.6 is 0 Å². The molecule has 8 rings (SSSR count). The van der Waals surface area contributed by atoms with Gasteiger partial charge in [0.05, 0.1) is 44.7 Å². The van der Waals surface area contributed by atoms with Crippen molar-refractivity contribution in [2.75, 3.05) is 115 Å². The van der Waals surface area contributed by atoms with Crippen molar-refractivity contribution in [2.45, 2.75) is 253 Å². The number of hydrogen-bond acceptors (Lipinski definition) is 15. The zero-order valence-electron chi connectivity index (χ0n) is 65.3. The Morgan fingerprint density at radius 2 is 1.24 bits per heavy atom. The lowest BCUT2D eigenvalue weighted by atomic mass is 9.74. The molecule has 3 N–H and O–H groups in total. The summed E-state index contributed by atoms with van der Waals surface area (Å²) in [5.74, 6) is -16.8. The van der Waals surface area contributed by atoms with Gasteiger partial charge in [0, 0.05) is 102 Å². The third-order valence-corrected chi connectivity index (χ3v) is 24.8. The highest BCUT2D eigenvalue weighted by Crippen LogP contribution is 2.46. The molecule has 0 aromatic rings. The number of halogens is 8. The van der Waals surface area contributed by atoms with Gasteiger partial charge in [-0.05, 0) is 140 Å². The molecular formula is C75H116F8N12O15. The Hall–Kier alpha value is -7.04. The van der Waals surface area contributed by atoms with Gasteiger partial charge in [-0.2, -0.15) is 26.3 Å². The van der Waals surface area contributed by atoms with E-state index in [1.165, 1.54) is 64.1 Å². The van der Waals surface area contributed by atoms with E-state index in [2.05, 4.69) is 16.0 Å². The van der Waals surface area contributed by atoms with Gasteiger partial charge in [-0.15, -0.1) is 0 Å². The van der Waals surface area contributed by atoms with Gasteiger partial charge in [-0.25, -0.2) is 8.78 Å². The van der Waals surface area contributed by atoms with Crippen molar-refractivity contribution in [3.05, 3.63) is 0 Å². The van der Waals surface area contributed by atoms with Gasteiger partial charge in [0.15, 0.2) is 0 Å². The topological polar surface area (TPSA) is 298 Å². The van der Waals surface area contributed by atoms with E-state index in [-0.39, 0.29) is 130 Å². The van der Waals surface area contributed by atoms with Gasteiger partial charge in [0.25, 0.3) is 0 Å². The number of hydrogen-bond donors (Lipinski definition) is 3. The van der Waals surface area contributed by atoms with Crippen LogP contribution in [0, 0.1) is 35.5 Å². The molecule has 35 heteroatoms. The molecule has 8 fully saturated rings. The molecule has 4 saturated carbocycles. The number of fused-ring (bicyclic) bond motifs is 3. The molecule has 110 heavy (non-hydrogen) atoms. The van der Waals surface area contributed by atoms with Crippen molar-refractivity contribution in [1.82, 2.24) is 60.0 Å². The lowest BCUT2D eigenvalue weighted by Crippen LogP contribution is -2.68. The summed E-state index contributed by atoms with van der Waals surface area (Å²) in [6.07, 6.45) is -16.2. The zero-order chi connectivity index (χ0) is 81.0. The quantitative estimate of drug-likeness (QED) is 0.194. The van der Waals surface area contributed by atoms with Crippen molar-refractivity contribution in [3.63, 3.8) is 0 Å². The van der Waals surface area contributed by atoms with Crippen molar-refractivity contribution < 1.29 is 107 Å². The predicted molar refractivity (Wildman–Crippen MR) is 382 cm³/mol. The molecule has 4 aliphatic heterocycles. The molecule has 2 unspecified atom stereocenters. The Morgan fingerprint density at radius 3 is 1.82 bits per heavy atom. The molecule has 1 spiro atoms. The van der Waals surface area contributed by atoms with Crippen molar-refractivity contribution >= 4 is 70.9 Å². The van der Waals surface area contributed by atoms with E-state index in [0.717, 1.165) is 29.4 Å². The van der Waals surface area contributed by atoms with Crippen LogP contribution in [0.4, 0.5) is 35.1 Å². The molecule has 622 valence electrons. The molecule has 12 atom stereocenters. The minimum Gasteiger partial charge on any atom is -0.385 e. The number of amides is 12. The fourth-order valence-corrected chi connectivity index (χ4v) is 17.7. The molecular weight excluding hydrogens is 1460 g/mol. The molecule has 2 bridgehead atoms. The van der Waals surface area contributed by atoms with Crippen LogP contribution in [0.1, 0.15) is 168 Å². The fraction of sp³-hybridized carbons (Fsp3) is 0.840. The van der Waals surface area contributed by atoms with Crippen LogP contribution in [-0.4, -0.2) is 315 Å². The van der Waals surface area contributed by atoms with E-state index >= 15 is 47.1 Å². The van der Waals surface area contributed by atoms with E-state index < -0.39 is 230 Å². The van der Waals surface area contributed by atoms with Crippen LogP contribution in [0.2, 0.25) is 0 Å². The van der Waals surface area contributed by atoms with Gasteiger partial charge >= 0.3 is 12.4 Å². The van der Waals surface area contributed by atoms with Crippen molar-refractivity contribution in [3.8, 4) is 0 Å². The van der Waals surface area contributed by atoms with Gasteiger partial charge in [0.2, 0.25) is 70.9 Å². The number of alkyl halides is 8. The number of methoxy groups -OCH3 is 1. The summed E-state index contributed by atoms with van der Waals surface area (Å²) in [5, 5.41) is 8.39. The first-order valence-electron chi connectivity index (χ1n) is 39.3. The monoisotopic (exact) mass is 1580 g/mol. The molecule has 12 amide bonds. The summed E-state index contributed by atoms with van der Waals surface area (Å²) in [5.41, 5.74) is -1.71. The highest BCUT2D eigenvalue weighted by Gasteiger charge is 2.56. The van der Waals surface area contributed by atoms with Gasteiger partial charge in [-0.3, -0.25) is 57.5 Å². The Kier molecular flexibility index (Phi) is 31.1. The number of nitrogens with one attached hydrogen (secondary N) is 3. The summed E-state index contributed by atoms with van der Waals surface area (Å²) >= 11 is 0. The second-order valence-corrected chi connectivity index (χ2v) is 32.0. The van der Waals surface area contributed by atoms with E-state index in [1.54, 1.807) is 20.8 Å². The maximum Gasteiger partial charge on any atom is 0.397 e. The number of carbonyl (C=O) groups is 12. The van der Waals surface area contributed by atoms with Crippen LogP contribution in [0.3, 0.4) is 0 Å². The molecule has 8 aliphatic rings. The first-order valence-corrected chi connectivity index (χ1v) is 39.3. The number of morpholine rings is 1. The molecule has 4 saturated heterocycles. The second-order valence-electron chi connectivity index (χ2n) is 32.0. The number of rotatable bonds is 14. The summed E-state index contributed by atoms with van der Waals surface area (Å²) in [6.45, 7) is 3.68. The molecule has 4 aliphatic carbocycles. The van der Waals surface area contributed by atoms with E-state index in [0.29, 0.717) is 44.9 Å². The molecule has 27 nitrogen and oxygen atoms in total. The lowest BCUT2D eigenvalue weighted by molar-refractivity contribution is -0.219. The summed E-state index contributed by atoms with van der Waals surface area (Å²) < 4.78 is 132. The maximum absolute atomic E-state index is 15.7. The molecule has 0 aromatic heterocycles. The van der Waals surface area contributed by atoms with Crippen molar-refractivity contribution in [1.29, 1.82) is 0 Å². The third-order valence-electron chi connectivity index (χ3n) is 24.8. The van der Waals surface area contributed by atoms with Crippen molar-refractivity contribution in [2.24, 2.45) is 35.5 Å². The van der Waals surface area contributed by atoms with E-state index in [9.17, 15) is 45.5 Å². The van der Waals surface area contributed by atoms with Crippen LogP contribution < -0.4 is 16.0 Å². The summed E-state index contributed by atoms with van der Waals surface area (Å²) in [6, 6.07) is -11.5. The SMILES string of the molecule is CCO[C@@H]1C[C@H]2C(=O)NC3(CCC3)C(=O)N(C)[C@@H](C3CCCC3)C(=O)N(C)[C@H](C(=O)N3CCOCC3)CC(=O)N(C)[C@@H](CCOC)C(=O)N[C@@H]([C@@H](C)CC)C(=O)N(C)CC(=O)N(C)[C@H]3CCCCN(C3=O)[C@@H](CC3CCC(C(F)(F)F)CC3)C(=O)N(C)CC(=O)N[C@@H](CCC3CC(F)C(C(F)(F)F)C(F)C3)C(=O)N2C1. The van der Waals surface area contributed by atoms with Crippen LogP contribution in [-0.2, 0) is 71.7 Å². The first-order chi connectivity index (χ1) is 51.9. The van der Waals surface area contributed by atoms with Gasteiger partial charge in [-0.1, -0.05) is 33.1 Å². The molecule has 0 radical (unpaired) electrons. The van der Waals surface area contributed by atoms with E-state index in [4.69, 9.17) is 14.2 Å². The third kappa shape index (κ3) is 21.2. The summed E-state index contributed by atoms with van der Waals surface area (Å²) in [7, 11) is 9.36. The normalized spacial score (nSPS) is 32.2. The van der Waals surface area contributed by atoms with E-state index in [1.807, 2.05) is 0 Å². The van der Waals surface area contributed by atoms with Gasteiger partial charge in [0.1, 0.15) is 72.1 Å². The number of likely N-dealkylation sites (N-methyl/N-ethyl adjacent to an activating group) is 6. The highest BCUT2D eigenvalue weighted by atomic mass is 19.4. The Bertz CT molecular complexity index is 3230. The van der Waals surface area contributed by atoms with Crippen LogP contribution in [0.15, 0.2) is 0 Å². The maximum atomic E-state index is 15.7. The van der Waals surface area contributed by atoms with Crippen LogP contribution in [0.25, 0.3) is 0 Å². The smallest absolute Gasteiger partial charge is 0.385 e. The zero-order valence-corrected chi connectivity index (χ0v) is 65.3. The van der Waals surface area contributed by atoms with Gasteiger partial charge < -0.3 is 74.3 Å². The molecule has 0 aromatic carbocycles. The average Bonchev–Trinajstić information content (AvgIpc) is 1.09. The fourth-order valence-electron chi connectivity index (χ4n) is 17.7. The summed E-state index contributed by atoms with van der Waals surface area (Å²) in [4.78, 5) is 192. The lowest BCUT2D eigenvalue weighted by Gasteiger charge is -2.47. The minimum absolute atomic E-state index is 0.00307. The Balaban J connectivity index is 1.20. The largest absolute Gasteiger partial charge is 0.397 e. The minimum atomic E-state index is -5.22. The van der Waals surface area contributed by atoms with Crippen LogP contribution in [0.5, 0.6) is 0 Å². The standard InChI is InChI=1S/C75H116F8N12O15/c1-11-44(3)62-70(105)88(5)43-60(98)90(7)54-20-15-16-30-94(69(54)104)57(38-45-21-24-48(25-22-45)74(78,79)80)67(102)87(4)42-58(96)84-52(26-23-46-36-50(76)61(51(77)37-46)75(81,82)83)66(101)95-41-49(110-12-2)39-55(95)65(100)86-73(28-17-29-73)72(107)92(9)63(47-18-13-14-19-47)71(106)91(8)56(68(103)93-31-34-109-35-32-93)40-59(97)89(6)53(27-33-108-10)64(99)85-62/h44-57,61-63H,11-43H2,1-10H3,(H,84,96)(H,85,99)(H,86,100)/t44-,45?,46?,48?,49+,50?,51?,52-,53-,54-,55-,56-,57-,61?,62-,63-/m0/s1. The first kappa shape index (κ1) is 88.5. The molecule has 4 heterocycles. The number of ether oxygens (including phenoxy) is 3. The number of nitrogens with zero attached hydrogens (tertiary/aromatic N) is 9. The highest BCUT2D eigenvalue weighted by molar-refractivity contribution is 6.01. The average molecular weight is 1580 g/mol. The Labute approximate surface area is 639 Å².